The van der Waals surface area contributed by atoms with E-state index in [9.17, 15) is 4.79 Å². The number of aryl methyl sites for hydroxylation is 1. The van der Waals surface area contributed by atoms with Gasteiger partial charge in [-0.3, -0.25) is 4.79 Å². The highest BCUT2D eigenvalue weighted by Gasteiger charge is 2.06. The van der Waals surface area contributed by atoms with Gasteiger partial charge in [0.1, 0.15) is 0 Å². The first-order chi connectivity index (χ1) is 7.75. The smallest absolute Gasteiger partial charge is 0.224 e. The molecule has 16 heavy (non-hydrogen) atoms. The number of carbonyl (C=O) groups is 1. The zero-order chi connectivity index (χ0) is 11.4. The van der Waals surface area contributed by atoms with Crippen molar-refractivity contribution in [3.63, 3.8) is 0 Å². The van der Waals surface area contributed by atoms with E-state index in [1.54, 1.807) is 0 Å². The minimum atomic E-state index is 0.0891. The molecule has 2 aromatic rings. The largest absolute Gasteiger partial charge is 0.281 e. The Kier molecular flexibility index (Phi) is 3.42. The van der Waals surface area contributed by atoms with Crippen LogP contribution in [0.25, 0.3) is 0 Å². The molecule has 80 valence electrons. The Morgan fingerprint density at radius 2 is 1.75 bits per heavy atom. The van der Waals surface area contributed by atoms with Crippen LogP contribution in [0, 0.1) is 6.92 Å². The monoisotopic (exact) mass is 228 g/mol. The molecule has 0 atom stereocenters. The highest BCUT2D eigenvalue weighted by Crippen LogP contribution is 2.23. The summed E-state index contributed by atoms with van der Waals surface area (Å²) in [5, 5.41) is 0.0891. The van der Waals surface area contributed by atoms with E-state index in [0.29, 0.717) is 0 Å². The molecule has 0 spiro atoms. The Morgan fingerprint density at radius 1 is 1.00 bits per heavy atom. The van der Waals surface area contributed by atoms with E-state index in [4.69, 9.17) is 0 Å². The van der Waals surface area contributed by atoms with Crippen LogP contribution >= 0.6 is 11.8 Å². The highest BCUT2D eigenvalue weighted by atomic mass is 32.2. The quantitative estimate of drug-likeness (QED) is 0.724. The fraction of sp³-hybridized carbons (Fsp3) is 0.0714. The highest BCUT2D eigenvalue weighted by molar-refractivity contribution is 8.14. The lowest BCUT2D eigenvalue weighted by Gasteiger charge is -2.01. The van der Waals surface area contributed by atoms with Crippen molar-refractivity contribution in [2.75, 3.05) is 0 Å². The fourth-order valence-corrected chi connectivity index (χ4v) is 2.28. The third kappa shape index (κ3) is 2.74. The van der Waals surface area contributed by atoms with E-state index in [2.05, 4.69) is 0 Å². The van der Waals surface area contributed by atoms with Crippen molar-refractivity contribution in [3.05, 3.63) is 65.7 Å². The van der Waals surface area contributed by atoms with Crippen LogP contribution in [0.15, 0.2) is 59.5 Å². The first-order valence-electron chi connectivity index (χ1n) is 5.09. The molecule has 0 aliphatic carbocycles. The van der Waals surface area contributed by atoms with Gasteiger partial charge in [0.25, 0.3) is 0 Å². The molecule has 0 aliphatic rings. The Bertz CT molecular complexity index is 491. The molecule has 0 fully saturated rings. The predicted octanol–water partition coefficient (Wildman–Crippen LogP) is 3.93. The van der Waals surface area contributed by atoms with Crippen LogP contribution in [-0.4, -0.2) is 5.12 Å². The Labute approximate surface area is 99.5 Å². The average molecular weight is 228 g/mol. The van der Waals surface area contributed by atoms with Crippen LogP contribution < -0.4 is 0 Å². The van der Waals surface area contributed by atoms with Crippen LogP contribution in [0.3, 0.4) is 0 Å². The summed E-state index contributed by atoms with van der Waals surface area (Å²) < 4.78 is 0. The van der Waals surface area contributed by atoms with Crippen molar-refractivity contribution in [3.8, 4) is 0 Å². The molecule has 0 saturated heterocycles. The number of carbonyl (C=O) groups excluding carboxylic acids is 1. The molecule has 0 unspecified atom stereocenters. The molecule has 2 rings (SSSR count). The molecule has 0 amide bonds. The molecule has 0 heterocycles. The van der Waals surface area contributed by atoms with Gasteiger partial charge in [0.15, 0.2) is 0 Å². The Balaban J connectivity index is 2.14. The van der Waals surface area contributed by atoms with Gasteiger partial charge in [-0.25, -0.2) is 0 Å². The third-order valence-corrected chi connectivity index (χ3v) is 3.12. The lowest BCUT2D eigenvalue weighted by molar-refractivity contribution is 0.108. The number of hydrogen-bond donors (Lipinski definition) is 0. The second-order valence-corrected chi connectivity index (χ2v) is 4.62. The normalized spacial score (nSPS) is 10.1. The molecule has 1 nitrogen and oxygen atoms in total. The van der Waals surface area contributed by atoms with Crippen LogP contribution in [-0.2, 0) is 0 Å². The topological polar surface area (TPSA) is 17.1 Å². The zero-order valence-electron chi connectivity index (χ0n) is 9.01. The van der Waals surface area contributed by atoms with Crippen molar-refractivity contribution in [2.45, 2.75) is 11.8 Å². The summed E-state index contributed by atoms with van der Waals surface area (Å²) in [6, 6.07) is 17.3. The van der Waals surface area contributed by atoms with Gasteiger partial charge in [0, 0.05) is 10.5 Å². The second-order valence-electron chi connectivity index (χ2n) is 3.57. The third-order valence-electron chi connectivity index (χ3n) is 2.21. The summed E-state index contributed by atoms with van der Waals surface area (Å²) in [5.41, 5.74) is 1.92. The maximum absolute atomic E-state index is 11.9. The molecule has 0 N–H and O–H groups in total. The van der Waals surface area contributed by atoms with E-state index in [1.165, 1.54) is 17.3 Å². The number of rotatable bonds is 2. The molecule has 0 saturated carbocycles. The van der Waals surface area contributed by atoms with E-state index in [1.807, 2.05) is 61.5 Å². The first-order valence-corrected chi connectivity index (χ1v) is 5.91. The fourth-order valence-electron chi connectivity index (χ4n) is 1.42. The molecular weight excluding hydrogens is 216 g/mol. The maximum Gasteiger partial charge on any atom is 0.224 e. The van der Waals surface area contributed by atoms with Gasteiger partial charge in [-0.2, -0.15) is 0 Å². The van der Waals surface area contributed by atoms with Crippen molar-refractivity contribution in [2.24, 2.45) is 0 Å². The van der Waals surface area contributed by atoms with E-state index >= 15 is 0 Å². The number of thioether (sulfide) groups is 1. The van der Waals surface area contributed by atoms with Gasteiger partial charge >= 0.3 is 0 Å². The van der Waals surface area contributed by atoms with Crippen LogP contribution in [0.2, 0.25) is 0 Å². The van der Waals surface area contributed by atoms with E-state index < -0.39 is 0 Å². The minimum absolute atomic E-state index is 0.0891. The van der Waals surface area contributed by atoms with Gasteiger partial charge in [-0.15, -0.1) is 0 Å². The first kappa shape index (κ1) is 11.0. The van der Waals surface area contributed by atoms with Gasteiger partial charge in [-0.05, 0) is 30.8 Å². The van der Waals surface area contributed by atoms with E-state index in [0.717, 1.165) is 10.5 Å². The lowest BCUT2D eigenvalue weighted by Crippen LogP contribution is -1.92. The van der Waals surface area contributed by atoms with Crippen molar-refractivity contribution in [1.29, 1.82) is 0 Å². The van der Waals surface area contributed by atoms with Crippen molar-refractivity contribution < 1.29 is 4.79 Å². The number of benzene rings is 2. The molecule has 0 aliphatic heterocycles. The summed E-state index contributed by atoms with van der Waals surface area (Å²) in [7, 11) is 0. The molecular formula is C14H12OS. The Hall–Kier alpha value is -1.54. The summed E-state index contributed by atoms with van der Waals surface area (Å²) >= 11 is 1.27. The van der Waals surface area contributed by atoms with E-state index in [-0.39, 0.29) is 5.12 Å². The number of hydrogen-bond acceptors (Lipinski definition) is 2. The van der Waals surface area contributed by atoms with Crippen LogP contribution in [0.5, 0.6) is 0 Å². The van der Waals surface area contributed by atoms with Gasteiger partial charge in [0.2, 0.25) is 5.12 Å². The summed E-state index contributed by atoms with van der Waals surface area (Å²) in [6.45, 7) is 2.02. The molecule has 2 aromatic carbocycles. The Morgan fingerprint density at radius 3 is 2.44 bits per heavy atom. The van der Waals surface area contributed by atoms with Gasteiger partial charge in [0.05, 0.1) is 0 Å². The van der Waals surface area contributed by atoms with Crippen LogP contribution in [0.1, 0.15) is 15.9 Å². The van der Waals surface area contributed by atoms with Crippen LogP contribution in [0.4, 0.5) is 0 Å². The van der Waals surface area contributed by atoms with Crippen molar-refractivity contribution >= 4 is 16.9 Å². The molecule has 2 heteroatoms. The average Bonchev–Trinajstić information content (AvgIpc) is 2.30. The molecule has 0 bridgehead atoms. The zero-order valence-corrected chi connectivity index (χ0v) is 9.83. The lowest BCUT2D eigenvalue weighted by atomic mass is 10.2. The minimum Gasteiger partial charge on any atom is -0.281 e. The molecule has 0 radical (unpaired) electrons. The van der Waals surface area contributed by atoms with Gasteiger partial charge < -0.3 is 0 Å². The van der Waals surface area contributed by atoms with Gasteiger partial charge in [-0.1, -0.05) is 48.0 Å². The maximum atomic E-state index is 11.9. The standard InChI is InChI=1S/C14H12OS/c1-11-6-5-9-13(10-11)16-14(15)12-7-3-2-4-8-12/h2-10H,1H3. The predicted molar refractivity (Wildman–Crippen MR) is 67.8 cm³/mol. The summed E-state index contributed by atoms with van der Waals surface area (Å²) in [5.74, 6) is 0. The van der Waals surface area contributed by atoms with Crippen molar-refractivity contribution in [1.82, 2.24) is 0 Å². The summed E-state index contributed by atoms with van der Waals surface area (Å²) in [4.78, 5) is 12.9. The molecule has 0 aromatic heterocycles. The second kappa shape index (κ2) is 4.99. The summed E-state index contributed by atoms with van der Waals surface area (Å²) in [6.07, 6.45) is 0. The SMILES string of the molecule is Cc1cccc(SC(=O)c2ccccc2)c1.